The lowest BCUT2D eigenvalue weighted by Crippen LogP contribution is -2.49. The molecule has 1 aromatic carbocycles. The van der Waals surface area contributed by atoms with Crippen LogP contribution in [0.4, 0.5) is 10.5 Å². The van der Waals surface area contributed by atoms with Crippen LogP contribution in [0.15, 0.2) is 22.7 Å². The van der Waals surface area contributed by atoms with Crippen LogP contribution >= 0.6 is 38.5 Å². The highest BCUT2D eigenvalue weighted by Crippen LogP contribution is 2.29. The summed E-state index contributed by atoms with van der Waals surface area (Å²) in [6.07, 6.45) is 0.337. The van der Waals surface area contributed by atoms with E-state index in [0.29, 0.717) is 13.0 Å². The first kappa shape index (κ1) is 11.8. The zero-order chi connectivity index (χ0) is 11.7. The molecule has 1 aliphatic rings. The molecule has 0 aromatic heterocycles. The lowest BCUT2D eigenvalue weighted by Gasteiger charge is -2.27. The van der Waals surface area contributed by atoms with Gasteiger partial charge in [-0.1, -0.05) is 0 Å². The summed E-state index contributed by atoms with van der Waals surface area (Å²) < 4.78 is 1.89. The molecule has 6 heteroatoms. The van der Waals surface area contributed by atoms with Crippen molar-refractivity contribution in [2.45, 2.75) is 6.42 Å². The second-order valence-corrected chi connectivity index (χ2v) is 5.45. The number of imide groups is 1. The highest BCUT2D eigenvalue weighted by Gasteiger charge is 2.25. The molecule has 0 saturated carbocycles. The summed E-state index contributed by atoms with van der Waals surface area (Å²) in [6.45, 7) is 0.420. The van der Waals surface area contributed by atoms with Gasteiger partial charge in [-0.25, -0.2) is 4.79 Å². The highest BCUT2D eigenvalue weighted by atomic mass is 127. The minimum absolute atomic E-state index is 0.219. The van der Waals surface area contributed by atoms with Crippen molar-refractivity contribution in [2.24, 2.45) is 0 Å². The van der Waals surface area contributed by atoms with Gasteiger partial charge in [-0.3, -0.25) is 15.0 Å². The average Bonchev–Trinajstić information content (AvgIpc) is 2.22. The number of benzene rings is 1. The maximum atomic E-state index is 11.6. The highest BCUT2D eigenvalue weighted by molar-refractivity contribution is 14.1. The van der Waals surface area contributed by atoms with Crippen LogP contribution in [-0.2, 0) is 4.79 Å². The van der Waals surface area contributed by atoms with Crippen molar-refractivity contribution in [2.75, 3.05) is 11.4 Å². The van der Waals surface area contributed by atoms with E-state index in [1.54, 1.807) is 4.90 Å². The first-order valence-corrected chi connectivity index (χ1v) is 6.51. The summed E-state index contributed by atoms with van der Waals surface area (Å²) in [6, 6.07) is 5.38. The van der Waals surface area contributed by atoms with Crippen LogP contribution < -0.4 is 10.2 Å². The molecule has 1 fully saturated rings. The van der Waals surface area contributed by atoms with E-state index < -0.39 is 0 Å². The van der Waals surface area contributed by atoms with Crippen LogP contribution in [0.2, 0.25) is 0 Å². The number of hydrogen-bond donors (Lipinski definition) is 1. The molecule has 0 unspecified atom stereocenters. The van der Waals surface area contributed by atoms with Gasteiger partial charge < -0.3 is 0 Å². The molecule has 2 rings (SSSR count). The van der Waals surface area contributed by atoms with Gasteiger partial charge in [0.15, 0.2) is 0 Å². The molecular weight excluding hydrogens is 387 g/mol. The normalized spacial score (nSPS) is 16.2. The maximum Gasteiger partial charge on any atom is 0.328 e. The second-order valence-electron chi connectivity index (χ2n) is 3.35. The minimum atomic E-state index is -0.362. The third kappa shape index (κ3) is 2.37. The number of anilines is 1. The number of urea groups is 1. The number of rotatable bonds is 1. The topological polar surface area (TPSA) is 49.4 Å². The van der Waals surface area contributed by atoms with Gasteiger partial charge in [-0.2, -0.15) is 0 Å². The third-order valence-electron chi connectivity index (χ3n) is 2.25. The summed E-state index contributed by atoms with van der Waals surface area (Å²) in [5, 5.41) is 2.30. The van der Waals surface area contributed by atoms with E-state index in [4.69, 9.17) is 0 Å². The Bertz CT molecular complexity index is 464. The summed E-state index contributed by atoms with van der Waals surface area (Å²) in [7, 11) is 0. The lowest BCUT2D eigenvalue weighted by molar-refractivity contribution is -0.120. The Hall–Kier alpha value is -0.630. The van der Waals surface area contributed by atoms with Crippen LogP contribution in [-0.4, -0.2) is 18.5 Å². The predicted octanol–water partition coefficient (Wildman–Crippen LogP) is 2.50. The van der Waals surface area contributed by atoms with Crippen LogP contribution in [0.1, 0.15) is 6.42 Å². The van der Waals surface area contributed by atoms with E-state index in [9.17, 15) is 9.59 Å². The summed E-state index contributed by atoms with van der Waals surface area (Å²) in [5.74, 6) is -0.219. The molecule has 0 bridgehead atoms. The van der Waals surface area contributed by atoms with Crippen LogP contribution in [0, 0.1) is 3.57 Å². The fourth-order valence-corrected chi connectivity index (χ4v) is 2.42. The predicted molar refractivity (Wildman–Crippen MR) is 72.4 cm³/mol. The largest absolute Gasteiger partial charge is 0.328 e. The molecule has 0 spiro atoms. The molecule has 16 heavy (non-hydrogen) atoms. The molecule has 1 aromatic rings. The molecule has 1 saturated heterocycles. The van der Waals surface area contributed by atoms with Crippen LogP contribution in [0.3, 0.4) is 0 Å². The Morgan fingerprint density at radius 3 is 2.81 bits per heavy atom. The van der Waals surface area contributed by atoms with Crippen molar-refractivity contribution in [1.82, 2.24) is 5.32 Å². The quantitative estimate of drug-likeness (QED) is 0.744. The Morgan fingerprint density at radius 1 is 1.38 bits per heavy atom. The van der Waals surface area contributed by atoms with Gasteiger partial charge >= 0.3 is 6.03 Å². The summed E-state index contributed by atoms with van der Waals surface area (Å²) in [4.78, 5) is 24.2. The molecule has 0 atom stereocenters. The fraction of sp³-hybridized carbons (Fsp3) is 0.200. The van der Waals surface area contributed by atoms with Gasteiger partial charge in [-0.05, 0) is 56.7 Å². The number of nitrogens with zero attached hydrogens (tertiary/aromatic N) is 1. The number of nitrogens with one attached hydrogen (secondary N) is 1. The number of carbonyl (C=O) groups excluding carboxylic acids is 2. The minimum Gasteiger partial charge on any atom is -0.292 e. The third-order valence-corrected chi connectivity index (χ3v) is 3.59. The van der Waals surface area contributed by atoms with E-state index in [0.717, 1.165) is 13.7 Å². The van der Waals surface area contributed by atoms with Crippen LogP contribution in [0.25, 0.3) is 0 Å². The standard InChI is InChI=1S/C10H8BrIN2O2/c11-7-2-1-6(12)5-8(7)14-4-3-9(15)13-10(14)16/h1-2,5H,3-4H2,(H,13,15,16). The number of hydrogen-bond acceptors (Lipinski definition) is 2. The van der Waals surface area contributed by atoms with Crippen molar-refractivity contribution in [3.05, 3.63) is 26.2 Å². The van der Waals surface area contributed by atoms with Gasteiger partial charge in [0.05, 0.1) is 5.69 Å². The molecular formula is C10H8BrIN2O2. The Labute approximate surface area is 115 Å². The van der Waals surface area contributed by atoms with Crippen molar-refractivity contribution in [3.63, 3.8) is 0 Å². The molecule has 0 aliphatic carbocycles. The van der Waals surface area contributed by atoms with Gasteiger partial charge in [0.1, 0.15) is 0 Å². The SMILES string of the molecule is O=C1CCN(c2cc(I)ccc2Br)C(=O)N1. The van der Waals surface area contributed by atoms with E-state index in [1.807, 2.05) is 18.2 Å². The van der Waals surface area contributed by atoms with E-state index in [1.165, 1.54) is 0 Å². The molecule has 4 nitrogen and oxygen atoms in total. The Kier molecular flexibility index (Phi) is 3.48. The van der Waals surface area contributed by atoms with E-state index in [-0.39, 0.29) is 11.9 Å². The fourth-order valence-electron chi connectivity index (χ4n) is 1.49. The molecule has 3 amide bonds. The van der Waals surface area contributed by atoms with Crippen molar-refractivity contribution >= 4 is 56.1 Å². The monoisotopic (exact) mass is 394 g/mol. The summed E-state index contributed by atoms with van der Waals surface area (Å²) >= 11 is 5.58. The lowest BCUT2D eigenvalue weighted by atomic mass is 10.2. The maximum absolute atomic E-state index is 11.6. The van der Waals surface area contributed by atoms with Gasteiger partial charge in [-0.15, -0.1) is 0 Å². The smallest absolute Gasteiger partial charge is 0.292 e. The number of carbonyl (C=O) groups is 2. The zero-order valence-electron chi connectivity index (χ0n) is 8.17. The molecule has 1 heterocycles. The van der Waals surface area contributed by atoms with Gasteiger partial charge in [0.25, 0.3) is 0 Å². The number of halogens is 2. The average molecular weight is 395 g/mol. The van der Waals surface area contributed by atoms with E-state index >= 15 is 0 Å². The van der Waals surface area contributed by atoms with E-state index in [2.05, 4.69) is 43.8 Å². The van der Waals surface area contributed by atoms with Crippen molar-refractivity contribution in [3.8, 4) is 0 Å². The Balaban J connectivity index is 2.33. The first-order valence-electron chi connectivity index (χ1n) is 4.64. The van der Waals surface area contributed by atoms with Gasteiger partial charge in [0.2, 0.25) is 5.91 Å². The number of amides is 3. The zero-order valence-corrected chi connectivity index (χ0v) is 11.9. The molecule has 84 valence electrons. The molecule has 1 N–H and O–H groups in total. The van der Waals surface area contributed by atoms with Crippen LogP contribution in [0.5, 0.6) is 0 Å². The van der Waals surface area contributed by atoms with Crippen molar-refractivity contribution in [1.29, 1.82) is 0 Å². The van der Waals surface area contributed by atoms with Gasteiger partial charge in [0, 0.05) is 21.0 Å². The second kappa shape index (κ2) is 4.70. The molecule has 1 aliphatic heterocycles. The van der Waals surface area contributed by atoms with Crippen molar-refractivity contribution < 1.29 is 9.59 Å². The first-order chi connectivity index (χ1) is 7.58. The molecule has 0 radical (unpaired) electrons. The summed E-state index contributed by atoms with van der Waals surface area (Å²) in [5.41, 5.74) is 0.789. The Morgan fingerprint density at radius 2 is 2.12 bits per heavy atom.